The number of allylic oxidation sites excluding steroid dienone is 5. The molecule has 5 heteroatoms. The molecule has 5 rings (SSSR count). The fourth-order valence-corrected chi connectivity index (χ4v) is 7.01. The van der Waals surface area contributed by atoms with Gasteiger partial charge in [-0.05, 0) is 53.7 Å². The van der Waals surface area contributed by atoms with Crippen molar-refractivity contribution in [2.24, 2.45) is 10.8 Å². The third-order valence-electron chi connectivity index (χ3n) is 8.73. The van der Waals surface area contributed by atoms with Crippen molar-refractivity contribution in [2.75, 3.05) is 13.7 Å². The molecule has 5 nitrogen and oxygen atoms in total. The van der Waals surface area contributed by atoms with E-state index < -0.39 is 5.92 Å². The lowest BCUT2D eigenvalue weighted by atomic mass is 9.63. The fourth-order valence-electron chi connectivity index (χ4n) is 7.01. The van der Waals surface area contributed by atoms with E-state index in [4.69, 9.17) is 9.47 Å². The largest absolute Gasteiger partial charge is 0.493 e. The molecule has 0 aromatic heterocycles. The van der Waals surface area contributed by atoms with E-state index in [1.807, 2.05) is 30.3 Å². The maximum atomic E-state index is 14.2. The van der Waals surface area contributed by atoms with E-state index in [2.05, 4.69) is 64.3 Å². The van der Waals surface area contributed by atoms with Gasteiger partial charge in [0.05, 0.1) is 13.7 Å². The van der Waals surface area contributed by atoms with Crippen molar-refractivity contribution in [1.29, 1.82) is 0 Å². The topological polar surface area (TPSA) is 55.8 Å². The van der Waals surface area contributed by atoms with Gasteiger partial charge >= 0.3 is 0 Å². The van der Waals surface area contributed by atoms with Crippen LogP contribution in [-0.2, 0) is 22.6 Å². The van der Waals surface area contributed by atoms with E-state index in [0.29, 0.717) is 43.9 Å². The molecule has 0 saturated carbocycles. The molecule has 0 unspecified atom stereocenters. The minimum Gasteiger partial charge on any atom is -0.493 e. The van der Waals surface area contributed by atoms with Crippen LogP contribution in [0.5, 0.6) is 11.5 Å². The first kappa shape index (κ1) is 29.9. The summed E-state index contributed by atoms with van der Waals surface area (Å²) in [5.41, 5.74) is 6.33. The summed E-state index contributed by atoms with van der Waals surface area (Å²) < 4.78 is 12.0. The summed E-state index contributed by atoms with van der Waals surface area (Å²) in [5, 5.41) is 0. The van der Waals surface area contributed by atoms with Crippen LogP contribution in [0.2, 0.25) is 0 Å². The molecule has 1 heterocycles. The first-order valence-corrected chi connectivity index (χ1v) is 15.3. The van der Waals surface area contributed by atoms with Gasteiger partial charge in [-0.2, -0.15) is 0 Å². The Morgan fingerprint density at radius 3 is 2.05 bits per heavy atom. The van der Waals surface area contributed by atoms with Crippen molar-refractivity contribution in [3.8, 4) is 11.5 Å². The molecule has 0 spiro atoms. The van der Waals surface area contributed by atoms with Gasteiger partial charge in [-0.1, -0.05) is 77.1 Å². The first-order chi connectivity index (χ1) is 20.0. The number of Topliss-reactive ketones (excluding diaryl/α,β-unsaturated/α-hetero) is 2. The fraction of sp³-hybridized carbons (Fsp3) is 0.459. The Balaban J connectivity index is 1.78. The Hall–Kier alpha value is -3.60. The molecular weight excluding hydrogens is 522 g/mol. The third kappa shape index (κ3) is 5.71. The van der Waals surface area contributed by atoms with Gasteiger partial charge in [-0.3, -0.25) is 9.59 Å². The number of hydrogen-bond donors (Lipinski definition) is 0. The van der Waals surface area contributed by atoms with Crippen LogP contribution in [0.25, 0.3) is 0 Å². The highest BCUT2D eigenvalue weighted by atomic mass is 16.5. The van der Waals surface area contributed by atoms with E-state index in [9.17, 15) is 9.59 Å². The summed E-state index contributed by atoms with van der Waals surface area (Å²) in [6.45, 7) is 16.0. The highest BCUT2D eigenvalue weighted by Crippen LogP contribution is 2.55. The Morgan fingerprint density at radius 1 is 0.929 bits per heavy atom. The van der Waals surface area contributed by atoms with Crippen LogP contribution in [0.4, 0.5) is 0 Å². The summed E-state index contributed by atoms with van der Waals surface area (Å²) in [5.74, 6) is 1.15. The van der Waals surface area contributed by atoms with Crippen LogP contribution in [0.3, 0.4) is 0 Å². The zero-order valence-corrected chi connectivity index (χ0v) is 26.1. The number of carbonyl (C=O) groups is 2. The number of rotatable bonds is 9. The number of ether oxygens (including phenoxy) is 2. The molecule has 0 amide bonds. The van der Waals surface area contributed by atoms with Crippen LogP contribution in [0.15, 0.2) is 77.7 Å². The van der Waals surface area contributed by atoms with E-state index in [1.54, 1.807) is 7.11 Å². The molecule has 0 N–H and O–H groups in total. The molecule has 0 saturated heterocycles. The van der Waals surface area contributed by atoms with Gasteiger partial charge in [0, 0.05) is 53.4 Å². The van der Waals surface area contributed by atoms with Gasteiger partial charge in [0.15, 0.2) is 23.1 Å². The lowest BCUT2D eigenvalue weighted by Gasteiger charge is -2.49. The number of hydrogen-bond acceptors (Lipinski definition) is 5. The molecule has 1 aliphatic heterocycles. The smallest absolute Gasteiger partial charge is 0.164 e. The Labute approximate surface area is 251 Å². The van der Waals surface area contributed by atoms with Crippen molar-refractivity contribution in [1.82, 2.24) is 4.90 Å². The summed E-state index contributed by atoms with van der Waals surface area (Å²) in [7, 11) is 1.65. The van der Waals surface area contributed by atoms with Crippen molar-refractivity contribution in [3.05, 3.63) is 94.4 Å². The van der Waals surface area contributed by atoms with Crippen LogP contribution >= 0.6 is 0 Å². The van der Waals surface area contributed by atoms with E-state index in [0.717, 1.165) is 58.5 Å². The van der Waals surface area contributed by atoms with Crippen LogP contribution in [0.1, 0.15) is 89.3 Å². The minimum absolute atomic E-state index is 0.129. The zero-order chi connectivity index (χ0) is 30.2. The summed E-state index contributed by atoms with van der Waals surface area (Å²) in [4.78, 5) is 30.8. The molecule has 0 fully saturated rings. The number of nitrogens with zero attached hydrogens (tertiary/aromatic N) is 1. The Bertz CT molecular complexity index is 1410. The number of benzene rings is 2. The average molecular weight is 568 g/mol. The molecule has 0 atom stereocenters. The third-order valence-corrected chi connectivity index (χ3v) is 8.73. The second-order valence-corrected chi connectivity index (χ2v) is 13.7. The summed E-state index contributed by atoms with van der Waals surface area (Å²) in [6.07, 6.45) is 5.79. The molecule has 42 heavy (non-hydrogen) atoms. The lowest BCUT2D eigenvalue weighted by Crippen LogP contribution is -2.44. The first-order valence-electron chi connectivity index (χ1n) is 15.3. The maximum absolute atomic E-state index is 14.2. The maximum Gasteiger partial charge on any atom is 0.164 e. The predicted molar refractivity (Wildman–Crippen MR) is 168 cm³/mol. The Morgan fingerprint density at radius 2 is 1.52 bits per heavy atom. The second kappa shape index (κ2) is 11.6. The van der Waals surface area contributed by atoms with E-state index in [-0.39, 0.29) is 22.4 Å². The SMILES string of the molecule is C=CCc1cc(C2C3=C(CC(C)(C)CC3=O)N(Cc3ccccc3)C3=C2C(=O)CC(C)(C)C3)cc(OC)c1OCCC. The molecule has 3 aliphatic rings. The highest BCUT2D eigenvalue weighted by Gasteiger charge is 2.49. The molecule has 2 aromatic carbocycles. The normalized spacial score (nSPS) is 19.9. The highest BCUT2D eigenvalue weighted by molar-refractivity contribution is 6.06. The predicted octanol–water partition coefficient (Wildman–Crippen LogP) is 8.10. The van der Waals surface area contributed by atoms with Gasteiger partial charge in [0.25, 0.3) is 0 Å². The molecule has 0 radical (unpaired) electrons. The van der Waals surface area contributed by atoms with Gasteiger partial charge in [0.2, 0.25) is 0 Å². The lowest BCUT2D eigenvalue weighted by molar-refractivity contribution is -0.119. The van der Waals surface area contributed by atoms with Gasteiger partial charge < -0.3 is 14.4 Å². The van der Waals surface area contributed by atoms with Crippen molar-refractivity contribution in [2.45, 2.75) is 85.6 Å². The molecular formula is C37H45NO4. The zero-order valence-electron chi connectivity index (χ0n) is 26.1. The standard InChI is InChI=1S/C37H45NO4/c1-8-13-25-17-26(18-31(41-7)35(25)42-16-9-2)32-33-27(19-36(3,4)21-29(33)39)38(23-24-14-11-10-12-15-24)28-20-37(5,6)22-30(40)34(28)32/h8,10-12,14-15,17-18,32H,1,9,13,16,19-23H2,2-7H3. The van der Waals surface area contributed by atoms with Crippen molar-refractivity contribution >= 4 is 11.6 Å². The van der Waals surface area contributed by atoms with Crippen LogP contribution < -0.4 is 9.47 Å². The molecule has 2 aromatic rings. The van der Waals surface area contributed by atoms with Gasteiger partial charge in [-0.15, -0.1) is 6.58 Å². The van der Waals surface area contributed by atoms with Gasteiger partial charge in [0.1, 0.15) is 0 Å². The number of methoxy groups -OCH3 is 1. The summed E-state index contributed by atoms with van der Waals surface area (Å²) in [6, 6.07) is 14.5. The average Bonchev–Trinajstić information content (AvgIpc) is 2.92. The minimum atomic E-state index is -0.438. The van der Waals surface area contributed by atoms with Crippen molar-refractivity contribution in [3.63, 3.8) is 0 Å². The quantitative estimate of drug-likeness (QED) is 0.287. The molecule has 222 valence electrons. The number of ketones is 2. The Kier molecular flexibility index (Phi) is 8.24. The number of carbonyl (C=O) groups excluding carboxylic acids is 2. The van der Waals surface area contributed by atoms with Crippen LogP contribution in [0, 0.1) is 10.8 Å². The van der Waals surface area contributed by atoms with Crippen molar-refractivity contribution < 1.29 is 19.1 Å². The second-order valence-electron chi connectivity index (χ2n) is 13.7. The summed E-state index contributed by atoms with van der Waals surface area (Å²) >= 11 is 0. The molecule has 2 aliphatic carbocycles. The van der Waals surface area contributed by atoms with E-state index in [1.165, 1.54) is 0 Å². The molecule has 0 bridgehead atoms. The monoisotopic (exact) mass is 567 g/mol. The van der Waals surface area contributed by atoms with Gasteiger partial charge in [-0.25, -0.2) is 0 Å². The van der Waals surface area contributed by atoms with Crippen LogP contribution in [-0.4, -0.2) is 30.2 Å². The van der Waals surface area contributed by atoms with E-state index >= 15 is 0 Å².